The van der Waals surface area contributed by atoms with Crippen molar-refractivity contribution in [3.05, 3.63) is 60.2 Å². The summed E-state index contributed by atoms with van der Waals surface area (Å²) in [5.74, 6) is -0.178. The normalized spacial score (nSPS) is 13.8. The van der Waals surface area contributed by atoms with Gasteiger partial charge >= 0.3 is 5.97 Å². The molecule has 0 unspecified atom stereocenters. The quantitative estimate of drug-likeness (QED) is 0.195. The molecule has 16 heteroatoms. The van der Waals surface area contributed by atoms with Crippen molar-refractivity contribution in [1.29, 1.82) is 0 Å². The lowest BCUT2D eigenvalue weighted by Crippen LogP contribution is -2.47. The van der Waals surface area contributed by atoms with Gasteiger partial charge in [0.2, 0.25) is 5.84 Å². The number of amides is 1. The van der Waals surface area contributed by atoms with E-state index in [1.54, 1.807) is 49.6 Å². The van der Waals surface area contributed by atoms with E-state index in [9.17, 15) is 9.59 Å². The van der Waals surface area contributed by atoms with Crippen LogP contribution in [0.4, 0.5) is 0 Å². The van der Waals surface area contributed by atoms with Crippen LogP contribution >= 0.6 is 0 Å². The Balaban J connectivity index is 0.000000215. The van der Waals surface area contributed by atoms with Crippen LogP contribution in [-0.2, 0) is 14.3 Å². The van der Waals surface area contributed by atoms with Gasteiger partial charge in [-0.05, 0) is 31.2 Å². The molecule has 2 aliphatic heterocycles. The van der Waals surface area contributed by atoms with Crippen LogP contribution in [0.5, 0.6) is 0 Å². The second kappa shape index (κ2) is 14.6. The summed E-state index contributed by atoms with van der Waals surface area (Å²) in [5.41, 5.74) is 11.6. The number of nitrogens with one attached hydrogen (secondary N) is 4. The summed E-state index contributed by atoms with van der Waals surface area (Å²) in [5, 5.41) is 33.5. The predicted octanol–water partition coefficient (Wildman–Crippen LogP) is -2.12. The van der Waals surface area contributed by atoms with E-state index in [0.29, 0.717) is 23.1 Å². The number of rotatable bonds is 9. The van der Waals surface area contributed by atoms with Crippen molar-refractivity contribution in [1.82, 2.24) is 36.6 Å². The Labute approximate surface area is 217 Å². The highest BCUT2D eigenvalue weighted by molar-refractivity contribution is 6.38. The first kappa shape index (κ1) is 27.6. The number of hydrogen-bond donors (Lipinski definition) is 6. The topological polar surface area (TPSA) is 210 Å². The van der Waals surface area contributed by atoms with Gasteiger partial charge < -0.3 is 19.8 Å². The van der Waals surface area contributed by atoms with E-state index in [2.05, 4.69) is 52.1 Å². The van der Waals surface area contributed by atoms with Crippen LogP contribution in [0.25, 0.3) is 0 Å². The molecule has 4 rings (SSSR count). The van der Waals surface area contributed by atoms with Crippen LogP contribution in [0.1, 0.15) is 18.3 Å². The molecule has 38 heavy (non-hydrogen) atoms. The summed E-state index contributed by atoms with van der Waals surface area (Å²) in [6.07, 6.45) is 3.26. The smallest absolute Gasteiger partial charge is 0.377 e. The zero-order valence-electron chi connectivity index (χ0n) is 20.4. The lowest BCUT2D eigenvalue weighted by atomic mass is 10.3. The number of aromatic nitrogens is 2. The molecule has 0 bridgehead atoms. The van der Waals surface area contributed by atoms with Gasteiger partial charge in [0, 0.05) is 25.5 Å². The molecule has 0 saturated carbocycles. The summed E-state index contributed by atoms with van der Waals surface area (Å²) < 4.78 is 4.77. The predicted molar refractivity (Wildman–Crippen MR) is 136 cm³/mol. The van der Waals surface area contributed by atoms with Gasteiger partial charge in [-0.25, -0.2) is 4.79 Å². The average Bonchev–Trinajstić information content (AvgIpc) is 2.98. The molecule has 0 radical (unpaired) electrons. The van der Waals surface area contributed by atoms with E-state index < -0.39 is 11.9 Å². The van der Waals surface area contributed by atoms with Crippen molar-refractivity contribution >= 4 is 35.2 Å². The van der Waals surface area contributed by atoms with Gasteiger partial charge in [0.05, 0.1) is 19.8 Å². The van der Waals surface area contributed by atoms with Gasteiger partial charge in [-0.2, -0.15) is 10.2 Å². The van der Waals surface area contributed by atoms with Crippen LogP contribution in [0, 0.1) is 0 Å². The highest BCUT2D eigenvalue weighted by Gasteiger charge is 2.22. The van der Waals surface area contributed by atoms with Gasteiger partial charge in [-0.3, -0.25) is 36.5 Å². The average molecular weight is 526 g/mol. The number of pyridine rings is 2. The number of ether oxygens (including phenoxy) is 1. The molecule has 0 aliphatic carbocycles. The maximum Gasteiger partial charge on any atom is 0.377 e. The molecule has 2 aromatic rings. The first-order chi connectivity index (χ1) is 18.6. The summed E-state index contributed by atoms with van der Waals surface area (Å²) in [6.45, 7) is 1.82. The van der Waals surface area contributed by atoms with Crippen LogP contribution in [0.2, 0.25) is 0 Å². The van der Waals surface area contributed by atoms with Crippen molar-refractivity contribution in [3.63, 3.8) is 0 Å². The summed E-state index contributed by atoms with van der Waals surface area (Å²) in [4.78, 5) is 32.9. The zero-order chi connectivity index (χ0) is 27.2. The Kier molecular flexibility index (Phi) is 10.6. The molecule has 0 atom stereocenters. The number of carbonyl (C=O) groups is 2. The van der Waals surface area contributed by atoms with Crippen molar-refractivity contribution in [2.45, 2.75) is 6.92 Å². The SMILES string of the molecule is CCOC(=O)C1=NNC(c2ccccn2)=NN1.O=C(C1=NNC(c2ccccn2)=NN1)N(CCO)CCO. The molecule has 200 valence electrons. The van der Waals surface area contributed by atoms with Crippen molar-refractivity contribution in [2.24, 2.45) is 20.4 Å². The minimum Gasteiger partial charge on any atom is -0.460 e. The van der Waals surface area contributed by atoms with E-state index in [1.165, 1.54) is 4.90 Å². The van der Waals surface area contributed by atoms with E-state index in [4.69, 9.17) is 14.9 Å². The lowest BCUT2D eigenvalue weighted by molar-refractivity contribution is -0.135. The molecule has 0 fully saturated rings. The second-order valence-electron chi connectivity index (χ2n) is 7.18. The molecule has 2 aromatic heterocycles. The fourth-order valence-electron chi connectivity index (χ4n) is 2.86. The number of aliphatic hydroxyl groups is 2. The molecule has 0 aromatic carbocycles. The number of nitrogens with zero attached hydrogens (tertiary/aromatic N) is 7. The number of carbonyl (C=O) groups excluding carboxylic acids is 2. The van der Waals surface area contributed by atoms with Crippen LogP contribution in [0.3, 0.4) is 0 Å². The Morgan fingerprint density at radius 2 is 1.32 bits per heavy atom. The van der Waals surface area contributed by atoms with Crippen LogP contribution in [0.15, 0.2) is 69.2 Å². The van der Waals surface area contributed by atoms with Gasteiger partial charge in [0.25, 0.3) is 11.7 Å². The molecular formula is C22H27N11O5. The summed E-state index contributed by atoms with van der Waals surface area (Å²) in [7, 11) is 0. The molecule has 0 spiro atoms. The zero-order valence-corrected chi connectivity index (χ0v) is 20.4. The monoisotopic (exact) mass is 525 g/mol. The largest absolute Gasteiger partial charge is 0.460 e. The molecule has 16 nitrogen and oxygen atoms in total. The Morgan fingerprint density at radius 1 is 0.789 bits per heavy atom. The first-order valence-corrected chi connectivity index (χ1v) is 11.4. The molecular weight excluding hydrogens is 498 g/mol. The molecule has 6 N–H and O–H groups in total. The highest BCUT2D eigenvalue weighted by Crippen LogP contribution is 1.99. The maximum atomic E-state index is 12.1. The molecule has 4 heterocycles. The van der Waals surface area contributed by atoms with E-state index >= 15 is 0 Å². The lowest BCUT2D eigenvalue weighted by Gasteiger charge is -2.22. The third-order valence-electron chi connectivity index (χ3n) is 4.61. The molecule has 0 saturated heterocycles. The van der Waals surface area contributed by atoms with Crippen molar-refractivity contribution in [2.75, 3.05) is 32.9 Å². The molecule has 2 aliphatic rings. The van der Waals surface area contributed by atoms with Crippen molar-refractivity contribution in [3.8, 4) is 0 Å². The van der Waals surface area contributed by atoms with Crippen LogP contribution < -0.4 is 21.7 Å². The van der Waals surface area contributed by atoms with Gasteiger partial charge in [-0.1, -0.05) is 12.1 Å². The van der Waals surface area contributed by atoms with Crippen molar-refractivity contribution < 1.29 is 24.5 Å². The number of esters is 1. The van der Waals surface area contributed by atoms with Gasteiger partial charge in [0.1, 0.15) is 11.4 Å². The molecule has 1 amide bonds. The van der Waals surface area contributed by atoms with Crippen LogP contribution in [-0.4, -0.2) is 93.2 Å². The maximum absolute atomic E-state index is 12.1. The second-order valence-corrected chi connectivity index (χ2v) is 7.18. The fraction of sp³-hybridized carbons (Fsp3) is 0.273. The van der Waals surface area contributed by atoms with Gasteiger partial charge in [-0.15, -0.1) is 10.2 Å². The number of hydrazone groups is 4. The Morgan fingerprint density at radius 3 is 1.71 bits per heavy atom. The minimum absolute atomic E-state index is 0.0171. The van der Waals surface area contributed by atoms with E-state index in [1.807, 2.05) is 6.07 Å². The third-order valence-corrected chi connectivity index (χ3v) is 4.61. The first-order valence-electron chi connectivity index (χ1n) is 11.4. The Hall–Kier alpha value is -4.96. The summed E-state index contributed by atoms with van der Waals surface area (Å²) in [6, 6.07) is 10.7. The minimum atomic E-state index is -0.552. The number of hydrogen-bond acceptors (Lipinski definition) is 15. The van der Waals surface area contributed by atoms with Gasteiger partial charge in [0.15, 0.2) is 11.7 Å². The fourth-order valence-corrected chi connectivity index (χ4v) is 2.86. The third kappa shape index (κ3) is 7.77. The number of aliphatic hydroxyl groups excluding tert-OH is 2. The van der Waals surface area contributed by atoms with E-state index in [-0.39, 0.29) is 44.6 Å². The van der Waals surface area contributed by atoms with E-state index in [0.717, 1.165) is 0 Å². The highest BCUT2D eigenvalue weighted by atomic mass is 16.5. The number of amidine groups is 4. The summed E-state index contributed by atoms with van der Waals surface area (Å²) >= 11 is 0. The standard InChI is InChI=1S/C12H16N6O3.C10H11N5O2/c19-7-5-18(6-8-20)12(21)11-16-14-10(15-17-11)9-3-1-2-4-13-9;1-2-17-10(16)9-14-12-8(13-15-9)7-5-3-4-6-11-7/h1-4,19-20H,5-8H2,(H,14,15)(H,16,17);3-6H,2H2,1H3,(H,12,13)(H,14,15). The Bertz CT molecular complexity index is 1200.